The third kappa shape index (κ3) is 5.58. The monoisotopic (exact) mass is 642 g/mol. The second-order valence-corrected chi connectivity index (χ2v) is 15.0. The molecular formula is C36H39ClN4O5. The first-order valence-electron chi connectivity index (χ1n) is 16.3. The van der Waals surface area contributed by atoms with Crippen LogP contribution in [0.15, 0.2) is 48.0 Å². The minimum atomic E-state index is -1.03. The van der Waals surface area contributed by atoms with Crippen molar-refractivity contribution in [2.45, 2.75) is 64.8 Å². The predicted molar refractivity (Wildman–Crippen MR) is 173 cm³/mol. The largest absolute Gasteiger partial charge is 0.337 e. The molecule has 3 fully saturated rings. The van der Waals surface area contributed by atoms with Crippen molar-refractivity contribution in [1.82, 2.24) is 20.0 Å². The van der Waals surface area contributed by atoms with Crippen molar-refractivity contribution in [3.63, 3.8) is 0 Å². The minimum absolute atomic E-state index is 0.0582. The van der Waals surface area contributed by atoms with Crippen molar-refractivity contribution < 1.29 is 24.0 Å². The Kier molecular flexibility index (Phi) is 7.67. The summed E-state index contributed by atoms with van der Waals surface area (Å²) in [6, 6.07) is 11.8. The van der Waals surface area contributed by atoms with Gasteiger partial charge in [-0.1, -0.05) is 43.2 Å². The van der Waals surface area contributed by atoms with Crippen molar-refractivity contribution >= 4 is 46.7 Å². The molecule has 1 atom stereocenters. The highest BCUT2D eigenvalue weighted by molar-refractivity contribution is 6.30. The number of carbonyl (C=O) groups excluding carboxylic acids is 5. The fourth-order valence-corrected chi connectivity index (χ4v) is 8.06. The fraction of sp³-hybridized carbons (Fsp3) is 0.472. The van der Waals surface area contributed by atoms with E-state index in [2.05, 4.69) is 36.2 Å². The molecule has 4 heterocycles. The van der Waals surface area contributed by atoms with Crippen molar-refractivity contribution in [3.05, 3.63) is 75.3 Å². The second kappa shape index (κ2) is 11.5. The van der Waals surface area contributed by atoms with Gasteiger partial charge in [0.2, 0.25) is 11.8 Å². The Labute approximate surface area is 273 Å². The number of halogens is 1. The number of carbonyl (C=O) groups is 5. The summed E-state index contributed by atoms with van der Waals surface area (Å²) in [4.78, 5) is 69.0. The summed E-state index contributed by atoms with van der Waals surface area (Å²) in [6.07, 6.45) is 5.57. The van der Waals surface area contributed by atoms with E-state index in [1.807, 2.05) is 17.0 Å². The molecule has 1 aliphatic carbocycles. The summed E-state index contributed by atoms with van der Waals surface area (Å²) >= 11 is 6.19. The number of fused-ring (bicyclic) bond motifs is 1. The topological polar surface area (TPSA) is 107 Å². The highest BCUT2D eigenvalue weighted by Gasteiger charge is 2.48. The maximum absolute atomic E-state index is 13.5. The number of hydrogen-bond acceptors (Lipinski definition) is 6. The molecule has 1 N–H and O–H groups in total. The molecule has 10 heteroatoms. The number of nitrogens with zero attached hydrogens (tertiary/aromatic N) is 3. The van der Waals surface area contributed by atoms with Gasteiger partial charge in [-0.15, -0.1) is 0 Å². The first-order valence-corrected chi connectivity index (χ1v) is 16.6. The highest BCUT2D eigenvalue weighted by atomic mass is 35.5. The number of hydrogen-bond donors (Lipinski definition) is 1. The molecule has 4 aliphatic heterocycles. The lowest BCUT2D eigenvalue weighted by molar-refractivity contribution is -0.136. The van der Waals surface area contributed by atoms with Crippen LogP contribution in [0.1, 0.15) is 95.4 Å². The minimum Gasteiger partial charge on any atom is -0.337 e. The van der Waals surface area contributed by atoms with Gasteiger partial charge in [-0.2, -0.15) is 0 Å². The van der Waals surface area contributed by atoms with Gasteiger partial charge in [0.15, 0.2) is 0 Å². The summed E-state index contributed by atoms with van der Waals surface area (Å²) in [5.41, 5.74) is 5.32. The van der Waals surface area contributed by atoms with Crippen LogP contribution in [0.5, 0.6) is 0 Å². The van der Waals surface area contributed by atoms with Gasteiger partial charge in [-0.05, 0) is 98.5 Å². The molecule has 9 nitrogen and oxygen atoms in total. The van der Waals surface area contributed by atoms with E-state index in [0.717, 1.165) is 55.2 Å². The van der Waals surface area contributed by atoms with Crippen molar-refractivity contribution in [2.24, 2.45) is 10.8 Å². The van der Waals surface area contributed by atoms with Crippen LogP contribution in [-0.4, -0.2) is 83.0 Å². The quantitative estimate of drug-likeness (QED) is 0.463. The third-order valence-electron chi connectivity index (χ3n) is 10.7. The first kappa shape index (κ1) is 30.8. The Morgan fingerprint density at radius 1 is 0.913 bits per heavy atom. The average Bonchev–Trinajstić information content (AvgIpc) is 3.26. The van der Waals surface area contributed by atoms with Crippen LogP contribution in [0.4, 0.5) is 0 Å². The Hall–Kier alpha value is -3.82. The standard InChI is InChI=1S/C36H39ClN4O5/c1-35(2)12-11-24(28(18-35)22-3-6-25(37)7-4-22)19-39-15-13-36(14-16-39)20-40(21-36)32(44)23-5-8-26-27(17-23)34(46)41(33(26)45)29-9-10-30(42)38-31(29)43/h3-8,17,29H,9-16,18-21H2,1-2H3,(H,38,42,43). The Bertz CT molecular complexity index is 1680. The molecule has 1 unspecified atom stereocenters. The lowest BCUT2D eigenvalue weighted by Crippen LogP contribution is -2.61. The van der Waals surface area contributed by atoms with Crippen LogP contribution in [-0.2, 0) is 9.59 Å². The number of likely N-dealkylation sites (tertiary alicyclic amines) is 2. The molecule has 1 spiro atoms. The number of nitrogens with one attached hydrogen (secondary N) is 1. The molecule has 0 bridgehead atoms. The predicted octanol–water partition coefficient (Wildman–Crippen LogP) is 4.94. The maximum Gasteiger partial charge on any atom is 0.262 e. The van der Waals surface area contributed by atoms with Crippen LogP contribution in [0.2, 0.25) is 5.02 Å². The van der Waals surface area contributed by atoms with Gasteiger partial charge in [0.25, 0.3) is 17.7 Å². The van der Waals surface area contributed by atoms with E-state index in [4.69, 9.17) is 11.6 Å². The number of piperidine rings is 2. The van der Waals surface area contributed by atoms with Crippen LogP contribution < -0.4 is 5.32 Å². The van der Waals surface area contributed by atoms with Crippen LogP contribution in [0, 0.1) is 10.8 Å². The SMILES string of the molecule is CC1(C)CCC(CN2CCC3(CC2)CN(C(=O)c2ccc4c(c2)C(=O)N(C2CCC(=O)NC2=O)C4=O)C3)=C(c2ccc(Cl)cc2)C1. The zero-order valence-electron chi connectivity index (χ0n) is 26.4. The van der Waals surface area contributed by atoms with Gasteiger partial charge < -0.3 is 4.90 Å². The van der Waals surface area contributed by atoms with Gasteiger partial charge in [0, 0.05) is 42.1 Å². The molecule has 0 radical (unpaired) electrons. The van der Waals surface area contributed by atoms with Gasteiger partial charge >= 0.3 is 0 Å². The number of amides is 5. The van der Waals surface area contributed by atoms with Gasteiger partial charge in [-0.25, -0.2) is 0 Å². The second-order valence-electron chi connectivity index (χ2n) is 14.6. The summed E-state index contributed by atoms with van der Waals surface area (Å²) in [7, 11) is 0. The van der Waals surface area contributed by atoms with E-state index in [1.54, 1.807) is 6.07 Å². The highest BCUT2D eigenvalue weighted by Crippen LogP contribution is 2.45. The van der Waals surface area contributed by atoms with Gasteiger partial charge in [0.05, 0.1) is 11.1 Å². The summed E-state index contributed by atoms with van der Waals surface area (Å²) < 4.78 is 0. The molecule has 5 aliphatic rings. The molecule has 0 aromatic heterocycles. The molecular weight excluding hydrogens is 604 g/mol. The van der Waals surface area contributed by atoms with Crippen LogP contribution >= 0.6 is 11.6 Å². The molecule has 0 saturated carbocycles. The fourth-order valence-electron chi connectivity index (χ4n) is 7.93. The zero-order valence-corrected chi connectivity index (χ0v) is 27.1. The van der Waals surface area contributed by atoms with Crippen LogP contribution in [0.25, 0.3) is 5.57 Å². The first-order chi connectivity index (χ1) is 21.9. The van der Waals surface area contributed by atoms with E-state index >= 15 is 0 Å². The van der Waals surface area contributed by atoms with E-state index < -0.39 is 29.7 Å². The maximum atomic E-state index is 13.5. The summed E-state index contributed by atoms with van der Waals surface area (Å²) in [6.45, 7) is 9.03. The average molecular weight is 643 g/mol. The van der Waals surface area contributed by atoms with E-state index in [-0.39, 0.29) is 40.7 Å². The Morgan fingerprint density at radius 2 is 1.61 bits per heavy atom. The normalized spacial score (nSPS) is 24.3. The number of benzene rings is 2. The molecule has 7 rings (SSSR count). The van der Waals surface area contributed by atoms with Crippen molar-refractivity contribution in [3.8, 4) is 0 Å². The molecule has 2 aromatic carbocycles. The Morgan fingerprint density at radius 3 is 2.30 bits per heavy atom. The van der Waals surface area contributed by atoms with E-state index in [9.17, 15) is 24.0 Å². The smallest absolute Gasteiger partial charge is 0.262 e. The molecule has 46 heavy (non-hydrogen) atoms. The summed E-state index contributed by atoms with van der Waals surface area (Å²) in [5.74, 6) is -2.40. The number of imide groups is 2. The zero-order chi connectivity index (χ0) is 32.4. The van der Waals surface area contributed by atoms with Crippen molar-refractivity contribution in [1.29, 1.82) is 0 Å². The van der Waals surface area contributed by atoms with E-state index in [0.29, 0.717) is 18.7 Å². The van der Waals surface area contributed by atoms with Gasteiger partial charge in [-0.3, -0.25) is 39.1 Å². The lowest BCUT2D eigenvalue weighted by atomic mass is 9.71. The van der Waals surface area contributed by atoms with Crippen molar-refractivity contribution in [2.75, 3.05) is 32.7 Å². The molecule has 240 valence electrons. The summed E-state index contributed by atoms with van der Waals surface area (Å²) in [5, 5.41) is 2.96. The van der Waals surface area contributed by atoms with Gasteiger partial charge in [0.1, 0.15) is 6.04 Å². The molecule has 2 aromatic rings. The number of allylic oxidation sites excluding steroid dienone is 1. The van der Waals surface area contributed by atoms with E-state index in [1.165, 1.54) is 35.3 Å². The van der Waals surface area contributed by atoms with Crippen LogP contribution in [0.3, 0.4) is 0 Å². The molecule has 5 amide bonds. The number of rotatable bonds is 5. The Balaban J connectivity index is 0.974. The lowest BCUT2D eigenvalue weighted by Gasteiger charge is -2.54. The third-order valence-corrected chi connectivity index (χ3v) is 11.0. The molecule has 3 saturated heterocycles.